The fourth-order valence-corrected chi connectivity index (χ4v) is 2.12. The molecule has 0 saturated heterocycles. The maximum Gasteiger partial charge on any atom is 0.269 e. The molecule has 2 rings (SSSR count). The molecule has 2 aromatic rings. The number of benzene rings is 1. The van der Waals surface area contributed by atoms with Gasteiger partial charge in [-0.05, 0) is 18.5 Å². The fraction of sp³-hybridized carbons (Fsp3) is 0.250. The van der Waals surface area contributed by atoms with Crippen molar-refractivity contribution < 1.29 is 4.92 Å². The number of nitro groups is 1. The van der Waals surface area contributed by atoms with Gasteiger partial charge in [0.15, 0.2) is 0 Å². The summed E-state index contributed by atoms with van der Waals surface area (Å²) in [4.78, 5) is 15.3. The Kier molecular flexibility index (Phi) is 4.38. The van der Waals surface area contributed by atoms with Crippen LogP contribution in [0.4, 0.5) is 5.69 Å². The first-order chi connectivity index (χ1) is 8.75. The summed E-state index contributed by atoms with van der Waals surface area (Å²) < 4.78 is 0. The second-order valence-corrected chi connectivity index (χ2v) is 4.79. The first-order valence-electron chi connectivity index (χ1n) is 5.57. The second-order valence-electron chi connectivity index (χ2n) is 3.82. The predicted octanol–water partition coefficient (Wildman–Crippen LogP) is 2.38. The molecule has 18 heavy (non-hydrogen) atoms. The Morgan fingerprint density at radius 3 is 2.72 bits per heavy atom. The number of hydrogen-bond donors (Lipinski definition) is 1. The van der Waals surface area contributed by atoms with Crippen molar-refractivity contribution in [1.29, 1.82) is 0 Å². The van der Waals surface area contributed by atoms with Crippen LogP contribution in [0.3, 0.4) is 0 Å². The highest BCUT2D eigenvalue weighted by Gasteiger charge is 2.03. The summed E-state index contributed by atoms with van der Waals surface area (Å²) in [5, 5.41) is 13.8. The standard InChI is InChI=1S/C12H13N3O2S/c16-15(17)11-3-1-10(2-4-11)5-6-13-7-12-8-14-9-18-12/h1-4,8-9,13H,5-7H2. The Bertz CT molecular complexity index is 497. The first-order valence-corrected chi connectivity index (χ1v) is 6.45. The molecule has 0 fully saturated rings. The summed E-state index contributed by atoms with van der Waals surface area (Å²) in [6, 6.07) is 6.68. The molecule has 0 aliphatic heterocycles. The maximum absolute atomic E-state index is 10.5. The molecule has 0 atom stereocenters. The van der Waals surface area contributed by atoms with E-state index in [1.807, 2.05) is 11.7 Å². The van der Waals surface area contributed by atoms with Gasteiger partial charge in [-0.1, -0.05) is 12.1 Å². The summed E-state index contributed by atoms with van der Waals surface area (Å²) in [6.45, 7) is 1.66. The van der Waals surface area contributed by atoms with Crippen LogP contribution in [-0.2, 0) is 13.0 Å². The molecule has 1 aromatic heterocycles. The van der Waals surface area contributed by atoms with E-state index in [9.17, 15) is 10.1 Å². The van der Waals surface area contributed by atoms with E-state index >= 15 is 0 Å². The van der Waals surface area contributed by atoms with Crippen LogP contribution in [0.2, 0.25) is 0 Å². The molecular weight excluding hydrogens is 250 g/mol. The van der Waals surface area contributed by atoms with E-state index in [4.69, 9.17) is 0 Å². The number of hydrogen-bond acceptors (Lipinski definition) is 5. The average Bonchev–Trinajstić information content (AvgIpc) is 2.88. The summed E-state index contributed by atoms with van der Waals surface area (Å²) in [6.07, 6.45) is 2.71. The van der Waals surface area contributed by atoms with Gasteiger partial charge in [0.25, 0.3) is 5.69 Å². The number of non-ortho nitro benzene ring substituents is 1. The predicted molar refractivity (Wildman–Crippen MR) is 70.6 cm³/mol. The highest BCUT2D eigenvalue weighted by Crippen LogP contribution is 2.12. The van der Waals surface area contributed by atoms with Gasteiger partial charge < -0.3 is 5.32 Å². The molecular formula is C12H13N3O2S. The number of nitrogens with one attached hydrogen (secondary N) is 1. The van der Waals surface area contributed by atoms with E-state index in [-0.39, 0.29) is 10.6 Å². The largest absolute Gasteiger partial charge is 0.311 e. The third-order valence-electron chi connectivity index (χ3n) is 2.52. The molecule has 0 aliphatic carbocycles. The molecule has 94 valence electrons. The van der Waals surface area contributed by atoms with Crippen LogP contribution < -0.4 is 5.32 Å². The summed E-state index contributed by atoms with van der Waals surface area (Å²) in [5.74, 6) is 0. The third-order valence-corrected chi connectivity index (χ3v) is 3.30. The van der Waals surface area contributed by atoms with Crippen molar-refractivity contribution in [2.75, 3.05) is 6.54 Å². The smallest absolute Gasteiger partial charge is 0.269 e. The monoisotopic (exact) mass is 263 g/mol. The molecule has 0 saturated carbocycles. The van der Waals surface area contributed by atoms with Gasteiger partial charge in [-0.25, -0.2) is 0 Å². The molecule has 0 radical (unpaired) electrons. The van der Waals surface area contributed by atoms with E-state index in [1.165, 1.54) is 4.88 Å². The van der Waals surface area contributed by atoms with Gasteiger partial charge >= 0.3 is 0 Å². The average molecular weight is 263 g/mol. The Morgan fingerprint density at radius 1 is 1.33 bits per heavy atom. The number of aromatic nitrogens is 1. The number of rotatable bonds is 6. The van der Waals surface area contributed by atoms with Gasteiger partial charge in [-0.2, -0.15) is 0 Å². The Morgan fingerprint density at radius 2 is 2.11 bits per heavy atom. The van der Waals surface area contributed by atoms with Gasteiger partial charge in [-0.15, -0.1) is 11.3 Å². The first kappa shape index (κ1) is 12.7. The van der Waals surface area contributed by atoms with Crippen molar-refractivity contribution in [1.82, 2.24) is 10.3 Å². The van der Waals surface area contributed by atoms with Crippen LogP contribution in [0, 0.1) is 10.1 Å². The van der Waals surface area contributed by atoms with Gasteiger partial charge in [0.2, 0.25) is 0 Å². The van der Waals surface area contributed by atoms with Crippen LogP contribution >= 0.6 is 11.3 Å². The van der Waals surface area contributed by atoms with Crippen LogP contribution in [0.5, 0.6) is 0 Å². The van der Waals surface area contributed by atoms with Crippen molar-refractivity contribution in [3.8, 4) is 0 Å². The van der Waals surface area contributed by atoms with E-state index in [2.05, 4.69) is 10.3 Å². The van der Waals surface area contributed by atoms with Gasteiger partial charge in [0.05, 0.1) is 10.4 Å². The molecule has 6 heteroatoms. The minimum absolute atomic E-state index is 0.136. The lowest BCUT2D eigenvalue weighted by Crippen LogP contribution is -2.15. The van der Waals surface area contributed by atoms with Crippen molar-refractivity contribution in [3.05, 3.63) is 56.5 Å². The molecule has 1 heterocycles. The fourth-order valence-electron chi connectivity index (χ4n) is 1.56. The van der Waals surface area contributed by atoms with E-state index in [1.54, 1.807) is 35.6 Å². The lowest BCUT2D eigenvalue weighted by molar-refractivity contribution is -0.384. The Balaban J connectivity index is 1.75. The molecule has 0 spiro atoms. The second kappa shape index (κ2) is 6.23. The molecule has 1 aromatic carbocycles. The summed E-state index contributed by atoms with van der Waals surface area (Å²) >= 11 is 1.63. The van der Waals surface area contributed by atoms with Crippen LogP contribution in [-0.4, -0.2) is 16.5 Å². The maximum atomic E-state index is 10.5. The molecule has 0 aliphatic rings. The summed E-state index contributed by atoms with van der Waals surface area (Å²) in [5.41, 5.74) is 3.04. The van der Waals surface area contributed by atoms with E-state index in [0.29, 0.717) is 0 Å². The van der Waals surface area contributed by atoms with Crippen molar-refractivity contribution in [3.63, 3.8) is 0 Å². The minimum Gasteiger partial charge on any atom is -0.311 e. The van der Waals surface area contributed by atoms with Crippen LogP contribution in [0.25, 0.3) is 0 Å². The SMILES string of the molecule is O=[N+]([O-])c1ccc(CCNCc2cncs2)cc1. The molecule has 5 nitrogen and oxygen atoms in total. The third kappa shape index (κ3) is 3.61. The number of thiazole rings is 1. The van der Waals surface area contributed by atoms with Crippen molar-refractivity contribution in [2.45, 2.75) is 13.0 Å². The van der Waals surface area contributed by atoms with Gasteiger partial charge in [-0.3, -0.25) is 15.1 Å². The van der Waals surface area contributed by atoms with E-state index < -0.39 is 0 Å². The normalized spacial score (nSPS) is 10.4. The molecule has 1 N–H and O–H groups in total. The topological polar surface area (TPSA) is 68.1 Å². The Labute approximate surface area is 109 Å². The van der Waals surface area contributed by atoms with Crippen LogP contribution in [0.1, 0.15) is 10.4 Å². The van der Waals surface area contributed by atoms with Gasteiger partial charge in [0, 0.05) is 29.8 Å². The van der Waals surface area contributed by atoms with E-state index in [0.717, 1.165) is 25.1 Å². The quantitative estimate of drug-likeness (QED) is 0.493. The highest BCUT2D eigenvalue weighted by atomic mass is 32.1. The molecule has 0 bridgehead atoms. The number of nitrogens with zero attached hydrogens (tertiary/aromatic N) is 2. The van der Waals surface area contributed by atoms with Crippen molar-refractivity contribution in [2.24, 2.45) is 0 Å². The van der Waals surface area contributed by atoms with Crippen molar-refractivity contribution >= 4 is 17.0 Å². The zero-order valence-corrected chi connectivity index (χ0v) is 10.5. The number of nitro benzene ring substituents is 1. The minimum atomic E-state index is -0.383. The summed E-state index contributed by atoms with van der Waals surface area (Å²) in [7, 11) is 0. The zero-order chi connectivity index (χ0) is 12.8. The molecule has 0 unspecified atom stereocenters. The van der Waals surface area contributed by atoms with Crippen LogP contribution in [0.15, 0.2) is 36.0 Å². The lowest BCUT2D eigenvalue weighted by Gasteiger charge is -2.03. The highest BCUT2D eigenvalue weighted by molar-refractivity contribution is 7.09. The lowest BCUT2D eigenvalue weighted by atomic mass is 10.1. The van der Waals surface area contributed by atoms with Gasteiger partial charge in [0.1, 0.15) is 0 Å². The molecule has 0 amide bonds. The zero-order valence-electron chi connectivity index (χ0n) is 9.70. The Hall–Kier alpha value is -1.79.